The maximum Gasteiger partial charge on any atom is 0.264 e. The second-order valence-corrected chi connectivity index (χ2v) is 6.31. The summed E-state index contributed by atoms with van der Waals surface area (Å²) in [5.41, 5.74) is 1.07. The van der Waals surface area contributed by atoms with Crippen molar-refractivity contribution >= 4 is 33.7 Å². The first-order chi connectivity index (χ1) is 9.24. The first-order valence-electron chi connectivity index (χ1n) is 6.24. The van der Waals surface area contributed by atoms with Crippen molar-refractivity contribution in [3.8, 4) is 0 Å². The number of amides is 1. The van der Waals surface area contributed by atoms with Crippen LogP contribution in [0.4, 0.5) is 5.13 Å². The third-order valence-electron chi connectivity index (χ3n) is 3.18. The fourth-order valence-electron chi connectivity index (χ4n) is 2.14. The molecule has 100 valence electrons. The van der Waals surface area contributed by atoms with Crippen LogP contribution in [0, 0.1) is 6.92 Å². The molecular formula is C13H15N3OS2. The van der Waals surface area contributed by atoms with E-state index in [-0.39, 0.29) is 5.91 Å². The Morgan fingerprint density at radius 2 is 2.05 bits per heavy atom. The second kappa shape index (κ2) is 5.30. The normalized spacial score (nSPS) is 15.8. The van der Waals surface area contributed by atoms with E-state index in [0.29, 0.717) is 0 Å². The summed E-state index contributed by atoms with van der Waals surface area (Å²) in [6.07, 6.45) is 0. The van der Waals surface area contributed by atoms with Crippen LogP contribution in [0.2, 0.25) is 0 Å². The molecule has 0 radical (unpaired) electrons. The summed E-state index contributed by atoms with van der Waals surface area (Å²) < 4.78 is 0. The molecule has 0 unspecified atom stereocenters. The monoisotopic (exact) mass is 293 g/mol. The minimum atomic E-state index is 0.157. The molecule has 19 heavy (non-hydrogen) atoms. The number of thiophene rings is 1. The van der Waals surface area contributed by atoms with Crippen molar-refractivity contribution in [3.63, 3.8) is 0 Å². The van der Waals surface area contributed by atoms with E-state index in [0.717, 1.165) is 41.9 Å². The Labute approximate surface area is 120 Å². The Kier molecular flexibility index (Phi) is 3.52. The van der Waals surface area contributed by atoms with Gasteiger partial charge in [0.25, 0.3) is 5.91 Å². The Morgan fingerprint density at radius 1 is 1.26 bits per heavy atom. The predicted molar refractivity (Wildman–Crippen MR) is 79.3 cm³/mol. The number of carbonyl (C=O) groups excluding carboxylic acids is 1. The molecule has 6 heteroatoms. The summed E-state index contributed by atoms with van der Waals surface area (Å²) in [4.78, 5) is 21.7. The molecule has 0 aromatic carbocycles. The van der Waals surface area contributed by atoms with E-state index in [2.05, 4.69) is 15.3 Å². The average Bonchev–Trinajstić information content (AvgIpc) is 3.09. The first-order valence-corrected chi connectivity index (χ1v) is 8.00. The summed E-state index contributed by atoms with van der Waals surface area (Å²) in [7, 11) is 0. The summed E-state index contributed by atoms with van der Waals surface area (Å²) in [6.45, 7) is 5.29. The van der Waals surface area contributed by atoms with Crippen molar-refractivity contribution in [1.29, 1.82) is 0 Å². The van der Waals surface area contributed by atoms with E-state index in [1.165, 1.54) is 11.3 Å². The molecule has 0 saturated carbocycles. The van der Waals surface area contributed by atoms with Crippen LogP contribution in [0.3, 0.4) is 0 Å². The van der Waals surface area contributed by atoms with Gasteiger partial charge in [-0.05, 0) is 18.4 Å². The maximum atomic E-state index is 12.2. The Morgan fingerprint density at radius 3 is 2.63 bits per heavy atom. The minimum absolute atomic E-state index is 0.157. The number of aromatic nitrogens is 1. The van der Waals surface area contributed by atoms with Gasteiger partial charge >= 0.3 is 0 Å². The lowest BCUT2D eigenvalue weighted by Gasteiger charge is -2.34. The highest BCUT2D eigenvalue weighted by Gasteiger charge is 2.23. The van der Waals surface area contributed by atoms with Crippen LogP contribution in [0.1, 0.15) is 15.4 Å². The van der Waals surface area contributed by atoms with E-state index in [1.54, 1.807) is 11.3 Å². The summed E-state index contributed by atoms with van der Waals surface area (Å²) in [5.74, 6) is 0.157. The van der Waals surface area contributed by atoms with Gasteiger partial charge in [-0.25, -0.2) is 4.98 Å². The number of piperazine rings is 1. The highest BCUT2D eigenvalue weighted by molar-refractivity contribution is 7.13. The van der Waals surface area contributed by atoms with Gasteiger partial charge in [0.2, 0.25) is 0 Å². The van der Waals surface area contributed by atoms with Crippen molar-refractivity contribution in [1.82, 2.24) is 9.88 Å². The fourth-order valence-corrected chi connectivity index (χ4v) is 3.69. The summed E-state index contributed by atoms with van der Waals surface area (Å²) >= 11 is 3.19. The molecule has 2 aromatic heterocycles. The molecule has 0 spiro atoms. The van der Waals surface area contributed by atoms with Crippen LogP contribution >= 0.6 is 22.7 Å². The van der Waals surface area contributed by atoms with Crippen molar-refractivity contribution in [3.05, 3.63) is 33.5 Å². The maximum absolute atomic E-state index is 12.2. The molecule has 1 fully saturated rings. The number of hydrogen-bond donors (Lipinski definition) is 0. The van der Waals surface area contributed by atoms with Crippen LogP contribution in [-0.2, 0) is 0 Å². The van der Waals surface area contributed by atoms with Crippen molar-refractivity contribution < 1.29 is 4.79 Å². The smallest absolute Gasteiger partial charge is 0.264 e. The lowest BCUT2D eigenvalue weighted by atomic mass is 10.3. The molecule has 1 amide bonds. The summed E-state index contributed by atoms with van der Waals surface area (Å²) in [6, 6.07) is 3.82. The molecule has 3 heterocycles. The lowest BCUT2D eigenvalue weighted by molar-refractivity contribution is 0.0751. The van der Waals surface area contributed by atoms with Crippen LogP contribution < -0.4 is 4.90 Å². The molecule has 0 aliphatic carbocycles. The van der Waals surface area contributed by atoms with Gasteiger partial charge in [-0.1, -0.05) is 6.07 Å². The van der Waals surface area contributed by atoms with Gasteiger partial charge in [-0.3, -0.25) is 4.79 Å². The summed E-state index contributed by atoms with van der Waals surface area (Å²) in [5, 5.41) is 5.08. The van der Waals surface area contributed by atoms with Crippen molar-refractivity contribution in [2.24, 2.45) is 0 Å². The van der Waals surface area contributed by atoms with E-state index < -0.39 is 0 Å². The van der Waals surface area contributed by atoms with Gasteiger partial charge in [0.05, 0.1) is 10.6 Å². The molecule has 0 N–H and O–H groups in total. The third kappa shape index (κ3) is 2.64. The largest absolute Gasteiger partial charge is 0.345 e. The molecular weight excluding hydrogens is 278 g/mol. The zero-order valence-electron chi connectivity index (χ0n) is 10.7. The molecule has 1 aliphatic heterocycles. The third-order valence-corrected chi connectivity index (χ3v) is 5.05. The van der Waals surface area contributed by atoms with Crippen LogP contribution in [0.25, 0.3) is 0 Å². The van der Waals surface area contributed by atoms with Gasteiger partial charge in [0.1, 0.15) is 0 Å². The molecule has 4 nitrogen and oxygen atoms in total. The van der Waals surface area contributed by atoms with Gasteiger partial charge in [-0.2, -0.15) is 0 Å². The number of rotatable bonds is 2. The topological polar surface area (TPSA) is 36.4 Å². The van der Waals surface area contributed by atoms with Gasteiger partial charge < -0.3 is 9.80 Å². The van der Waals surface area contributed by atoms with Gasteiger partial charge in [0.15, 0.2) is 5.13 Å². The zero-order valence-corrected chi connectivity index (χ0v) is 12.3. The number of anilines is 1. The average molecular weight is 293 g/mol. The van der Waals surface area contributed by atoms with E-state index in [1.807, 2.05) is 29.3 Å². The first kappa shape index (κ1) is 12.6. The Balaban J connectivity index is 1.62. The van der Waals surface area contributed by atoms with Crippen LogP contribution in [0.15, 0.2) is 22.9 Å². The van der Waals surface area contributed by atoms with Crippen LogP contribution in [0.5, 0.6) is 0 Å². The number of hydrogen-bond acceptors (Lipinski definition) is 5. The van der Waals surface area contributed by atoms with Gasteiger partial charge in [0, 0.05) is 31.6 Å². The Bertz CT molecular complexity index is 556. The number of nitrogens with zero attached hydrogens (tertiary/aromatic N) is 3. The number of thiazole rings is 1. The predicted octanol–water partition coefficient (Wildman–Crippen LogP) is 2.48. The second-order valence-electron chi connectivity index (χ2n) is 4.53. The van der Waals surface area contributed by atoms with E-state index >= 15 is 0 Å². The zero-order chi connectivity index (χ0) is 13.2. The highest BCUT2D eigenvalue weighted by Crippen LogP contribution is 2.22. The molecule has 0 atom stereocenters. The van der Waals surface area contributed by atoms with Crippen molar-refractivity contribution in [2.45, 2.75) is 6.92 Å². The Hall–Kier alpha value is -1.40. The highest BCUT2D eigenvalue weighted by atomic mass is 32.1. The SMILES string of the molecule is Cc1csc(N2CCN(C(=O)c3cccs3)CC2)n1. The molecule has 0 bridgehead atoms. The number of carbonyl (C=O) groups is 1. The molecule has 1 aliphatic rings. The molecule has 3 rings (SSSR count). The number of aryl methyl sites for hydroxylation is 1. The molecule has 1 saturated heterocycles. The standard InChI is InChI=1S/C13H15N3OS2/c1-10-9-19-13(14-10)16-6-4-15(5-7-16)12(17)11-3-2-8-18-11/h2-3,8-9H,4-7H2,1H3. The minimum Gasteiger partial charge on any atom is -0.345 e. The fraction of sp³-hybridized carbons (Fsp3) is 0.385. The van der Waals surface area contributed by atoms with E-state index in [9.17, 15) is 4.79 Å². The van der Waals surface area contributed by atoms with Crippen molar-refractivity contribution in [2.75, 3.05) is 31.1 Å². The van der Waals surface area contributed by atoms with Gasteiger partial charge in [-0.15, -0.1) is 22.7 Å². The lowest BCUT2D eigenvalue weighted by Crippen LogP contribution is -2.48. The quantitative estimate of drug-likeness (QED) is 0.853. The van der Waals surface area contributed by atoms with E-state index in [4.69, 9.17) is 0 Å². The van der Waals surface area contributed by atoms with Crippen LogP contribution in [-0.4, -0.2) is 42.0 Å². The molecule has 2 aromatic rings.